The number of aromatic carboxylic acids is 1. The zero-order chi connectivity index (χ0) is 20.9. The minimum atomic E-state index is -1.12. The van der Waals surface area contributed by atoms with E-state index in [1.807, 2.05) is 42.5 Å². The molecule has 1 N–H and O–H groups in total. The van der Waals surface area contributed by atoms with Crippen LogP contribution in [0.1, 0.15) is 26.5 Å². The second-order valence-electron chi connectivity index (χ2n) is 6.63. The van der Waals surface area contributed by atoms with Crippen LogP contribution in [0, 0.1) is 0 Å². The van der Waals surface area contributed by atoms with Gasteiger partial charge in [0.1, 0.15) is 5.76 Å². The Balaban J connectivity index is 1.65. The van der Waals surface area contributed by atoms with Gasteiger partial charge in [-0.15, -0.1) is 0 Å². The summed E-state index contributed by atoms with van der Waals surface area (Å²) in [5.41, 5.74) is 2.92. The quantitative estimate of drug-likeness (QED) is 0.500. The lowest BCUT2D eigenvalue weighted by Gasteiger charge is -2.23. The molecule has 0 aliphatic rings. The molecule has 148 valence electrons. The normalized spacial score (nSPS) is 10.5. The SMILES string of the molecule is O=C(O)c1ccc(-c2ccc(N(Cc3cccnc3)C(=O)c3ccccc3)cc2)o1. The van der Waals surface area contributed by atoms with Crippen LogP contribution in [0.5, 0.6) is 0 Å². The van der Waals surface area contributed by atoms with Crippen LogP contribution < -0.4 is 4.90 Å². The Morgan fingerprint density at radius 3 is 2.30 bits per heavy atom. The van der Waals surface area contributed by atoms with E-state index in [4.69, 9.17) is 9.52 Å². The van der Waals surface area contributed by atoms with Crippen molar-refractivity contribution < 1.29 is 19.1 Å². The van der Waals surface area contributed by atoms with Crippen LogP contribution in [-0.2, 0) is 6.54 Å². The average Bonchev–Trinajstić information content (AvgIpc) is 3.29. The highest BCUT2D eigenvalue weighted by Gasteiger charge is 2.19. The molecular formula is C24H18N2O4. The number of benzene rings is 2. The summed E-state index contributed by atoms with van der Waals surface area (Å²) in [5.74, 6) is -0.911. The van der Waals surface area contributed by atoms with Gasteiger partial charge in [-0.3, -0.25) is 9.78 Å². The van der Waals surface area contributed by atoms with E-state index in [1.165, 1.54) is 6.07 Å². The number of pyridine rings is 1. The van der Waals surface area contributed by atoms with Gasteiger partial charge in [0.25, 0.3) is 5.91 Å². The number of rotatable bonds is 6. The Morgan fingerprint density at radius 1 is 0.900 bits per heavy atom. The maximum absolute atomic E-state index is 13.2. The maximum Gasteiger partial charge on any atom is 0.371 e. The van der Waals surface area contributed by atoms with E-state index in [2.05, 4.69) is 4.98 Å². The van der Waals surface area contributed by atoms with Gasteiger partial charge in [-0.1, -0.05) is 24.3 Å². The number of anilines is 1. The van der Waals surface area contributed by atoms with Crippen LogP contribution in [-0.4, -0.2) is 22.0 Å². The van der Waals surface area contributed by atoms with Gasteiger partial charge in [-0.2, -0.15) is 0 Å². The summed E-state index contributed by atoms with van der Waals surface area (Å²) < 4.78 is 5.36. The summed E-state index contributed by atoms with van der Waals surface area (Å²) in [7, 11) is 0. The first-order chi connectivity index (χ1) is 14.6. The van der Waals surface area contributed by atoms with Crippen molar-refractivity contribution in [1.82, 2.24) is 4.98 Å². The summed E-state index contributed by atoms with van der Waals surface area (Å²) in [4.78, 5) is 30.1. The summed E-state index contributed by atoms with van der Waals surface area (Å²) in [6, 6.07) is 23.1. The van der Waals surface area contributed by atoms with Gasteiger partial charge in [0.15, 0.2) is 0 Å². The van der Waals surface area contributed by atoms with E-state index in [9.17, 15) is 9.59 Å². The number of amides is 1. The lowest BCUT2D eigenvalue weighted by atomic mass is 10.1. The summed E-state index contributed by atoms with van der Waals surface area (Å²) in [5, 5.41) is 9.03. The first-order valence-corrected chi connectivity index (χ1v) is 9.31. The van der Waals surface area contributed by atoms with E-state index in [0.717, 1.165) is 11.1 Å². The molecule has 0 unspecified atom stereocenters. The smallest absolute Gasteiger partial charge is 0.371 e. The minimum absolute atomic E-state index is 0.119. The van der Waals surface area contributed by atoms with Crippen molar-refractivity contribution in [2.24, 2.45) is 0 Å². The summed E-state index contributed by atoms with van der Waals surface area (Å²) >= 11 is 0. The van der Waals surface area contributed by atoms with E-state index >= 15 is 0 Å². The Labute approximate surface area is 173 Å². The van der Waals surface area contributed by atoms with Gasteiger partial charge in [0.05, 0.1) is 6.54 Å². The number of hydrogen-bond donors (Lipinski definition) is 1. The molecule has 0 aliphatic carbocycles. The van der Waals surface area contributed by atoms with Crippen LogP contribution in [0.15, 0.2) is 95.7 Å². The Kier molecular flexibility index (Phi) is 5.39. The monoisotopic (exact) mass is 398 g/mol. The Hall–Kier alpha value is -4.19. The van der Waals surface area contributed by atoms with Crippen molar-refractivity contribution in [2.45, 2.75) is 6.54 Å². The highest BCUT2D eigenvalue weighted by atomic mass is 16.4. The van der Waals surface area contributed by atoms with Crippen molar-refractivity contribution in [3.05, 3.63) is 108 Å². The zero-order valence-corrected chi connectivity index (χ0v) is 15.9. The number of carbonyl (C=O) groups is 2. The van der Waals surface area contributed by atoms with E-state index in [1.54, 1.807) is 47.6 Å². The fourth-order valence-electron chi connectivity index (χ4n) is 3.10. The van der Waals surface area contributed by atoms with Gasteiger partial charge < -0.3 is 14.4 Å². The van der Waals surface area contributed by atoms with Crippen LogP contribution in [0.25, 0.3) is 11.3 Å². The molecule has 0 aliphatic heterocycles. The molecule has 0 radical (unpaired) electrons. The van der Waals surface area contributed by atoms with E-state index in [0.29, 0.717) is 23.6 Å². The molecule has 30 heavy (non-hydrogen) atoms. The zero-order valence-electron chi connectivity index (χ0n) is 15.9. The largest absolute Gasteiger partial charge is 0.475 e. The molecule has 4 aromatic rings. The number of nitrogens with zero attached hydrogens (tertiary/aromatic N) is 2. The van der Waals surface area contributed by atoms with Crippen molar-refractivity contribution in [2.75, 3.05) is 4.90 Å². The number of carboxylic acids is 1. The third-order valence-electron chi connectivity index (χ3n) is 4.61. The summed E-state index contributed by atoms with van der Waals surface area (Å²) in [6.07, 6.45) is 3.42. The van der Waals surface area contributed by atoms with Crippen LogP contribution in [0.3, 0.4) is 0 Å². The number of hydrogen-bond acceptors (Lipinski definition) is 4. The molecule has 2 aromatic carbocycles. The highest BCUT2D eigenvalue weighted by molar-refractivity contribution is 6.06. The average molecular weight is 398 g/mol. The van der Waals surface area contributed by atoms with Crippen LogP contribution >= 0.6 is 0 Å². The Bertz CT molecular complexity index is 1150. The van der Waals surface area contributed by atoms with Gasteiger partial charge in [0.2, 0.25) is 5.76 Å². The van der Waals surface area contributed by atoms with Crippen molar-refractivity contribution in [1.29, 1.82) is 0 Å². The molecule has 0 saturated carbocycles. The predicted molar refractivity (Wildman–Crippen MR) is 112 cm³/mol. The standard InChI is InChI=1S/C24H18N2O4/c27-23(19-6-2-1-3-7-19)26(16-17-5-4-14-25-15-17)20-10-8-18(9-11-20)21-12-13-22(30-21)24(28)29/h1-15H,16H2,(H,28,29). The molecule has 4 rings (SSSR count). The van der Waals surface area contributed by atoms with Crippen LogP contribution in [0.4, 0.5) is 5.69 Å². The molecule has 6 nitrogen and oxygen atoms in total. The first-order valence-electron chi connectivity index (χ1n) is 9.31. The molecule has 0 atom stereocenters. The first kappa shape index (κ1) is 19.1. The molecule has 2 aromatic heterocycles. The lowest BCUT2D eigenvalue weighted by Crippen LogP contribution is -2.30. The molecule has 0 spiro atoms. The fourth-order valence-corrected chi connectivity index (χ4v) is 3.10. The number of carbonyl (C=O) groups excluding carboxylic acids is 1. The Morgan fingerprint density at radius 2 is 1.67 bits per heavy atom. The van der Waals surface area contributed by atoms with Gasteiger partial charge in [-0.05, 0) is 60.2 Å². The molecule has 2 heterocycles. The second kappa shape index (κ2) is 8.45. The van der Waals surface area contributed by atoms with Gasteiger partial charge >= 0.3 is 5.97 Å². The lowest BCUT2D eigenvalue weighted by molar-refractivity contribution is 0.0663. The fraction of sp³-hybridized carbons (Fsp3) is 0.0417. The molecular weight excluding hydrogens is 380 g/mol. The third kappa shape index (κ3) is 4.12. The molecule has 6 heteroatoms. The van der Waals surface area contributed by atoms with Gasteiger partial charge in [0, 0.05) is 29.2 Å². The van der Waals surface area contributed by atoms with Gasteiger partial charge in [-0.25, -0.2) is 4.79 Å². The number of furan rings is 1. The van der Waals surface area contributed by atoms with E-state index < -0.39 is 5.97 Å². The predicted octanol–water partition coefficient (Wildman–Crippen LogP) is 4.89. The highest BCUT2D eigenvalue weighted by Crippen LogP contribution is 2.27. The van der Waals surface area contributed by atoms with Crippen molar-refractivity contribution in [3.63, 3.8) is 0 Å². The van der Waals surface area contributed by atoms with E-state index in [-0.39, 0.29) is 11.7 Å². The number of aromatic nitrogens is 1. The maximum atomic E-state index is 13.2. The van der Waals surface area contributed by atoms with Crippen LogP contribution in [0.2, 0.25) is 0 Å². The molecule has 1 amide bonds. The van der Waals surface area contributed by atoms with Crippen molar-refractivity contribution in [3.8, 4) is 11.3 Å². The summed E-state index contributed by atoms with van der Waals surface area (Å²) in [6.45, 7) is 0.366. The molecule has 0 bridgehead atoms. The molecule has 0 saturated heterocycles. The third-order valence-corrected chi connectivity index (χ3v) is 4.61. The van der Waals surface area contributed by atoms with Crippen molar-refractivity contribution >= 4 is 17.6 Å². The second-order valence-corrected chi connectivity index (χ2v) is 6.63. The minimum Gasteiger partial charge on any atom is -0.475 e. The number of carboxylic acid groups (broad SMARTS) is 1. The topological polar surface area (TPSA) is 83.6 Å². The molecule has 0 fully saturated rings.